The topological polar surface area (TPSA) is 32.7 Å². The van der Waals surface area contributed by atoms with Gasteiger partial charge in [0.05, 0.1) is 6.10 Å². The smallest absolute Gasteiger partial charge is 0.0555 e. The summed E-state index contributed by atoms with van der Waals surface area (Å²) < 4.78 is 5.29. The highest BCUT2D eigenvalue weighted by Crippen LogP contribution is 2.21. The second kappa shape index (κ2) is 6.38. The van der Waals surface area contributed by atoms with E-state index >= 15 is 0 Å². The summed E-state index contributed by atoms with van der Waals surface area (Å²) in [5.41, 5.74) is 0. The molecule has 0 amide bonds. The minimum atomic E-state index is -0.125. The lowest BCUT2D eigenvalue weighted by atomic mass is 9.92. The Kier molecular flexibility index (Phi) is 5.45. The Bertz CT molecular complexity index is 144. The van der Waals surface area contributed by atoms with Crippen LogP contribution in [0.3, 0.4) is 0 Å². The molecule has 0 aromatic heterocycles. The Morgan fingerprint density at radius 3 is 2.57 bits per heavy atom. The molecule has 3 nitrogen and oxygen atoms in total. The lowest BCUT2D eigenvalue weighted by Gasteiger charge is -2.24. The molecule has 0 aromatic rings. The minimum Gasteiger partial charge on any atom is -0.393 e. The van der Waals surface area contributed by atoms with E-state index in [0.29, 0.717) is 5.92 Å². The van der Waals surface area contributed by atoms with Crippen LogP contribution < -0.4 is 0 Å². The van der Waals surface area contributed by atoms with Gasteiger partial charge in [-0.2, -0.15) is 0 Å². The third-order valence-electron chi connectivity index (χ3n) is 2.86. The van der Waals surface area contributed by atoms with Gasteiger partial charge >= 0.3 is 0 Å². The van der Waals surface area contributed by atoms with Crippen LogP contribution in [0.25, 0.3) is 0 Å². The fourth-order valence-electron chi connectivity index (χ4n) is 1.89. The van der Waals surface area contributed by atoms with Crippen LogP contribution in [0.2, 0.25) is 0 Å². The third kappa shape index (κ3) is 4.94. The zero-order valence-electron chi connectivity index (χ0n) is 9.41. The van der Waals surface area contributed by atoms with E-state index in [0.717, 1.165) is 45.4 Å². The Morgan fingerprint density at radius 1 is 1.36 bits per heavy atom. The SMILES string of the molecule is CN(C)CCC(O)CC1CCOCC1. The van der Waals surface area contributed by atoms with Gasteiger partial charge in [0.2, 0.25) is 0 Å². The molecule has 1 heterocycles. The third-order valence-corrected chi connectivity index (χ3v) is 2.86. The molecule has 1 fully saturated rings. The van der Waals surface area contributed by atoms with Crippen molar-refractivity contribution in [1.29, 1.82) is 0 Å². The van der Waals surface area contributed by atoms with Gasteiger partial charge in [-0.1, -0.05) is 0 Å². The number of aliphatic hydroxyl groups excluding tert-OH is 1. The standard InChI is InChI=1S/C11H23NO2/c1-12(2)6-3-11(13)9-10-4-7-14-8-5-10/h10-11,13H,3-9H2,1-2H3. The maximum atomic E-state index is 9.78. The normalized spacial score (nSPS) is 21.4. The van der Waals surface area contributed by atoms with Crippen LogP contribution in [0, 0.1) is 5.92 Å². The minimum absolute atomic E-state index is 0.125. The van der Waals surface area contributed by atoms with Crippen molar-refractivity contribution in [2.75, 3.05) is 33.9 Å². The van der Waals surface area contributed by atoms with E-state index in [9.17, 15) is 5.11 Å². The summed E-state index contributed by atoms with van der Waals surface area (Å²) in [5.74, 6) is 0.681. The quantitative estimate of drug-likeness (QED) is 0.723. The second-order valence-electron chi connectivity index (χ2n) is 4.54. The molecular formula is C11H23NO2. The summed E-state index contributed by atoms with van der Waals surface area (Å²) in [5, 5.41) is 9.78. The molecule has 0 bridgehead atoms. The molecule has 1 aliphatic rings. The molecule has 1 unspecified atom stereocenters. The zero-order valence-corrected chi connectivity index (χ0v) is 9.41. The summed E-state index contributed by atoms with van der Waals surface area (Å²) in [7, 11) is 4.09. The van der Waals surface area contributed by atoms with E-state index in [1.807, 2.05) is 14.1 Å². The number of hydrogen-bond donors (Lipinski definition) is 1. The highest BCUT2D eigenvalue weighted by Gasteiger charge is 2.17. The van der Waals surface area contributed by atoms with E-state index in [1.165, 1.54) is 0 Å². The number of rotatable bonds is 5. The average molecular weight is 201 g/mol. The maximum absolute atomic E-state index is 9.78. The van der Waals surface area contributed by atoms with E-state index < -0.39 is 0 Å². The molecule has 0 aliphatic carbocycles. The van der Waals surface area contributed by atoms with Crippen LogP contribution >= 0.6 is 0 Å². The molecule has 84 valence electrons. The molecule has 0 spiro atoms. The summed E-state index contributed by atoms with van der Waals surface area (Å²) in [6.45, 7) is 2.74. The van der Waals surface area contributed by atoms with Gasteiger partial charge in [-0.05, 0) is 52.2 Å². The van der Waals surface area contributed by atoms with Crippen molar-refractivity contribution in [3.8, 4) is 0 Å². The van der Waals surface area contributed by atoms with Crippen LogP contribution in [-0.4, -0.2) is 50.0 Å². The van der Waals surface area contributed by atoms with Gasteiger partial charge in [0.1, 0.15) is 0 Å². The van der Waals surface area contributed by atoms with Gasteiger partial charge in [-0.25, -0.2) is 0 Å². The fraction of sp³-hybridized carbons (Fsp3) is 1.00. The Hall–Kier alpha value is -0.120. The predicted molar refractivity (Wildman–Crippen MR) is 57.3 cm³/mol. The van der Waals surface area contributed by atoms with Crippen molar-refractivity contribution in [1.82, 2.24) is 4.90 Å². The summed E-state index contributed by atoms with van der Waals surface area (Å²) in [6, 6.07) is 0. The van der Waals surface area contributed by atoms with Crippen LogP contribution in [0.1, 0.15) is 25.7 Å². The van der Waals surface area contributed by atoms with Crippen molar-refractivity contribution >= 4 is 0 Å². The van der Waals surface area contributed by atoms with Gasteiger partial charge in [0.25, 0.3) is 0 Å². The van der Waals surface area contributed by atoms with Crippen molar-refractivity contribution in [3.05, 3.63) is 0 Å². The first-order valence-corrected chi connectivity index (χ1v) is 5.59. The van der Waals surface area contributed by atoms with Crippen molar-refractivity contribution in [3.63, 3.8) is 0 Å². The predicted octanol–water partition coefficient (Wildman–Crippen LogP) is 1.12. The Balaban J connectivity index is 2.09. The lowest BCUT2D eigenvalue weighted by molar-refractivity contribution is 0.0407. The molecule has 0 radical (unpaired) electrons. The zero-order chi connectivity index (χ0) is 10.4. The van der Waals surface area contributed by atoms with Gasteiger partial charge in [-0.15, -0.1) is 0 Å². The van der Waals surface area contributed by atoms with Crippen molar-refractivity contribution < 1.29 is 9.84 Å². The molecule has 0 aromatic carbocycles. The van der Waals surface area contributed by atoms with Crippen LogP contribution in [0.4, 0.5) is 0 Å². The highest BCUT2D eigenvalue weighted by atomic mass is 16.5. The van der Waals surface area contributed by atoms with E-state index in [2.05, 4.69) is 4.90 Å². The molecule has 1 saturated heterocycles. The largest absolute Gasteiger partial charge is 0.393 e. The highest BCUT2D eigenvalue weighted by molar-refractivity contribution is 4.68. The van der Waals surface area contributed by atoms with Crippen LogP contribution in [0.5, 0.6) is 0 Å². The molecule has 1 atom stereocenters. The second-order valence-corrected chi connectivity index (χ2v) is 4.54. The summed E-state index contributed by atoms with van der Waals surface area (Å²) in [4.78, 5) is 2.12. The molecule has 1 aliphatic heterocycles. The number of hydrogen-bond acceptors (Lipinski definition) is 3. The fourth-order valence-corrected chi connectivity index (χ4v) is 1.89. The molecule has 1 rings (SSSR count). The van der Waals surface area contributed by atoms with Crippen LogP contribution in [-0.2, 0) is 4.74 Å². The van der Waals surface area contributed by atoms with E-state index in [-0.39, 0.29) is 6.10 Å². The lowest BCUT2D eigenvalue weighted by Crippen LogP contribution is -2.24. The van der Waals surface area contributed by atoms with Gasteiger partial charge in [0.15, 0.2) is 0 Å². The van der Waals surface area contributed by atoms with Gasteiger partial charge in [-0.3, -0.25) is 0 Å². The first-order valence-electron chi connectivity index (χ1n) is 5.59. The summed E-state index contributed by atoms with van der Waals surface area (Å²) in [6.07, 6.45) is 3.97. The summed E-state index contributed by atoms with van der Waals surface area (Å²) >= 11 is 0. The molecule has 14 heavy (non-hydrogen) atoms. The van der Waals surface area contributed by atoms with Crippen molar-refractivity contribution in [2.45, 2.75) is 31.8 Å². The average Bonchev–Trinajstić information content (AvgIpc) is 2.16. The van der Waals surface area contributed by atoms with Crippen molar-refractivity contribution in [2.24, 2.45) is 5.92 Å². The van der Waals surface area contributed by atoms with Crippen LogP contribution in [0.15, 0.2) is 0 Å². The molecule has 1 N–H and O–H groups in total. The Morgan fingerprint density at radius 2 is 2.00 bits per heavy atom. The number of nitrogens with zero attached hydrogens (tertiary/aromatic N) is 1. The Labute approximate surface area is 87.1 Å². The van der Waals surface area contributed by atoms with Gasteiger partial charge < -0.3 is 14.7 Å². The number of aliphatic hydroxyl groups is 1. The number of ether oxygens (including phenoxy) is 1. The maximum Gasteiger partial charge on any atom is 0.0555 e. The molecule has 3 heteroatoms. The first-order chi connectivity index (χ1) is 6.68. The molecule has 0 saturated carbocycles. The molecular weight excluding hydrogens is 178 g/mol. The van der Waals surface area contributed by atoms with Gasteiger partial charge in [0, 0.05) is 13.2 Å². The first kappa shape index (κ1) is 12.0. The van der Waals surface area contributed by atoms with E-state index in [1.54, 1.807) is 0 Å². The monoisotopic (exact) mass is 201 g/mol. The van der Waals surface area contributed by atoms with E-state index in [4.69, 9.17) is 4.74 Å².